The third-order valence-corrected chi connectivity index (χ3v) is 4.18. The molecule has 0 aliphatic rings. The number of rotatable bonds is 5. The van der Waals surface area contributed by atoms with Crippen molar-refractivity contribution >= 4 is 27.5 Å². The maximum atomic E-state index is 13.0. The molecule has 4 nitrogen and oxygen atoms in total. The van der Waals surface area contributed by atoms with Crippen molar-refractivity contribution in [2.24, 2.45) is 0 Å². The maximum absolute atomic E-state index is 13.0. The van der Waals surface area contributed by atoms with E-state index in [-0.39, 0.29) is 5.91 Å². The second-order valence-corrected chi connectivity index (χ2v) is 6.22. The lowest BCUT2D eigenvalue weighted by Crippen LogP contribution is -2.30. The second-order valence-electron chi connectivity index (χ2n) is 5.31. The van der Waals surface area contributed by atoms with Gasteiger partial charge in [-0.3, -0.25) is 14.7 Å². The fourth-order valence-corrected chi connectivity index (χ4v) is 2.64. The van der Waals surface area contributed by atoms with E-state index in [1.165, 1.54) is 0 Å². The smallest absolute Gasteiger partial charge is 0.294 e. The molecule has 0 saturated heterocycles. The molecule has 3 rings (SSSR count). The Labute approximate surface area is 149 Å². The van der Waals surface area contributed by atoms with E-state index in [0.29, 0.717) is 12.3 Å². The normalized spacial score (nSPS) is 10.6. The van der Waals surface area contributed by atoms with Crippen LogP contribution >= 0.6 is 15.9 Å². The number of carbonyl (C=O) groups is 1. The molecule has 5 heteroatoms. The number of nitrogens with zero attached hydrogens (tertiary/aromatic N) is 2. The fraction of sp³-hybridized carbons (Fsp3) is 0.158. The van der Waals surface area contributed by atoms with Crippen LogP contribution in [-0.2, 0) is 13.0 Å². The number of benzene rings is 1. The summed E-state index contributed by atoms with van der Waals surface area (Å²) in [7, 11) is 0. The lowest BCUT2D eigenvalue weighted by molar-refractivity contribution is 0.0956. The van der Waals surface area contributed by atoms with Crippen molar-refractivity contribution in [3.8, 4) is 0 Å². The van der Waals surface area contributed by atoms with E-state index in [9.17, 15) is 4.79 Å². The van der Waals surface area contributed by atoms with Crippen molar-refractivity contribution in [1.82, 2.24) is 4.98 Å². The molecule has 1 amide bonds. The monoisotopic (exact) mass is 384 g/mol. The number of halogens is 1. The Morgan fingerprint density at radius 1 is 1.12 bits per heavy atom. The van der Waals surface area contributed by atoms with E-state index in [4.69, 9.17) is 4.42 Å². The van der Waals surface area contributed by atoms with Crippen LogP contribution in [0.2, 0.25) is 0 Å². The molecule has 1 aromatic carbocycles. The summed E-state index contributed by atoms with van der Waals surface area (Å²) in [5.41, 5.74) is 1.61. The molecule has 0 aliphatic heterocycles. The van der Waals surface area contributed by atoms with Gasteiger partial charge in [-0.15, -0.1) is 0 Å². The molecule has 0 saturated carbocycles. The van der Waals surface area contributed by atoms with Gasteiger partial charge in [-0.25, -0.2) is 0 Å². The number of furan rings is 1. The van der Waals surface area contributed by atoms with Gasteiger partial charge in [-0.1, -0.05) is 28.9 Å². The maximum Gasteiger partial charge on any atom is 0.294 e. The summed E-state index contributed by atoms with van der Waals surface area (Å²) in [6, 6.07) is 16.9. The van der Waals surface area contributed by atoms with Gasteiger partial charge in [-0.2, -0.15) is 0 Å². The Morgan fingerprint density at radius 3 is 2.54 bits per heavy atom. The number of pyridine rings is 1. The highest BCUT2D eigenvalue weighted by molar-refractivity contribution is 9.10. The average molecular weight is 385 g/mol. The third-order valence-electron chi connectivity index (χ3n) is 3.65. The highest BCUT2D eigenvalue weighted by Gasteiger charge is 2.21. The molecule has 0 fully saturated rings. The molecule has 0 spiro atoms. The van der Waals surface area contributed by atoms with Gasteiger partial charge in [0.05, 0.1) is 12.2 Å². The Balaban J connectivity index is 1.94. The van der Waals surface area contributed by atoms with Gasteiger partial charge in [0.2, 0.25) is 0 Å². The number of hydrogen-bond acceptors (Lipinski definition) is 3. The molecule has 0 aliphatic carbocycles. The Kier molecular flexibility index (Phi) is 5.11. The summed E-state index contributed by atoms with van der Waals surface area (Å²) < 4.78 is 6.60. The fourth-order valence-electron chi connectivity index (χ4n) is 2.37. The largest absolute Gasteiger partial charge is 0.456 e. The minimum absolute atomic E-state index is 0.178. The van der Waals surface area contributed by atoms with Crippen LogP contribution in [0.15, 0.2) is 69.7 Å². The van der Waals surface area contributed by atoms with Crippen LogP contribution in [0.4, 0.5) is 5.69 Å². The first-order valence-corrected chi connectivity index (χ1v) is 8.52. The van der Waals surface area contributed by atoms with Crippen LogP contribution in [0, 0.1) is 0 Å². The summed E-state index contributed by atoms with van der Waals surface area (Å²) in [4.78, 5) is 19.0. The number of anilines is 1. The van der Waals surface area contributed by atoms with Crippen LogP contribution in [0.1, 0.15) is 28.9 Å². The van der Waals surface area contributed by atoms with Crippen LogP contribution < -0.4 is 4.90 Å². The number of amides is 1. The molecule has 122 valence electrons. The minimum atomic E-state index is -0.178. The Hall–Kier alpha value is -2.40. The molecule has 2 heterocycles. The first-order valence-electron chi connectivity index (χ1n) is 7.73. The van der Waals surface area contributed by atoms with Gasteiger partial charge in [0.15, 0.2) is 5.76 Å². The van der Waals surface area contributed by atoms with Gasteiger partial charge >= 0.3 is 0 Å². The van der Waals surface area contributed by atoms with Crippen LogP contribution in [-0.4, -0.2) is 10.9 Å². The summed E-state index contributed by atoms with van der Waals surface area (Å²) in [5.74, 6) is 0.959. The second kappa shape index (κ2) is 7.45. The molecule has 3 aromatic rings. The van der Waals surface area contributed by atoms with Crippen molar-refractivity contribution in [1.29, 1.82) is 0 Å². The van der Waals surface area contributed by atoms with Crippen molar-refractivity contribution in [2.45, 2.75) is 19.9 Å². The Morgan fingerprint density at radius 2 is 1.92 bits per heavy atom. The van der Waals surface area contributed by atoms with E-state index in [0.717, 1.165) is 28.0 Å². The zero-order valence-electron chi connectivity index (χ0n) is 13.3. The molecular formula is C19H17BrN2O2. The number of aromatic nitrogens is 1. The topological polar surface area (TPSA) is 46.3 Å². The molecule has 0 radical (unpaired) electrons. The summed E-state index contributed by atoms with van der Waals surface area (Å²) in [5, 5.41) is 0. The molecule has 0 unspecified atom stereocenters. The first kappa shape index (κ1) is 16.5. The van der Waals surface area contributed by atoms with Crippen molar-refractivity contribution in [2.75, 3.05) is 4.90 Å². The number of hydrogen-bond donors (Lipinski definition) is 0. The first-order chi connectivity index (χ1) is 11.7. The van der Waals surface area contributed by atoms with Crippen LogP contribution in [0.25, 0.3) is 0 Å². The predicted octanol–water partition coefficient (Wildman–Crippen LogP) is 4.85. The molecular weight excluding hydrogens is 368 g/mol. The highest BCUT2D eigenvalue weighted by Crippen LogP contribution is 2.23. The van der Waals surface area contributed by atoms with Crippen molar-refractivity contribution in [3.05, 3.63) is 82.5 Å². The van der Waals surface area contributed by atoms with E-state index in [1.54, 1.807) is 17.2 Å². The van der Waals surface area contributed by atoms with Crippen LogP contribution in [0.5, 0.6) is 0 Å². The standard InChI is InChI=1S/C19H17BrN2O2/c1-2-17-10-11-18(24-17)19(23)22(13-15-5-3-4-12-21-15)16-8-6-14(20)7-9-16/h3-12H,2,13H2,1H3. The molecule has 0 N–H and O–H groups in total. The zero-order chi connectivity index (χ0) is 16.9. The van der Waals surface area contributed by atoms with Gasteiger partial charge < -0.3 is 4.42 Å². The summed E-state index contributed by atoms with van der Waals surface area (Å²) >= 11 is 3.42. The van der Waals surface area contributed by atoms with Crippen molar-refractivity contribution < 1.29 is 9.21 Å². The molecule has 24 heavy (non-hydrogen) atoms. The lowest BCUT2D eigenvalue weighted by atomic mass is 10.2. The average Bonchev–Trinajstić information content (AvgIpc) is 3.10. The number of carbonyl (C=O) groups excluding carboxylic acids is 1. The third kappa shape index (κ3) is 3.74. The van der Waals surface area contributed by atoms with Gasteiger partial charge in [0, 0.05) is 22.8 Å². The van der Waals surface area contributed by atoms with Gasteiger partial charge in [-0.05, 0) is 48.5 Å². The number of aryl methyl sites for hydroxylation is 1. The van der Waals surface area contributed by atoms with Gasteiger partial charge in [0.25, 0.3) is 5.91 Å². The molecule has 0 atom stereocenters. The molecule has 2 aromatic heterocycles. The van der Waals surface area contributed by atoms with E-state index < -0.39 is 0 Å². The van der Waals surface area contributed by atoms with E-state index >= 15 is 0 Å². The molecule has 0 bridgehead atoms. The quantitative estimate of drug-likeness (QED) is 0.631. The Bertz CT molecular complexity index is 813. The van der Waals surface area contributed by atoms with E-state index in [2.05, 4.69) is 20.9 Å². The summed E-state index contributed by atoms with van der Waals surface area (Å²) in [6.07, 6.45) is 2.48. The van der Waals surface area contributed by atoms with Gasteiger partial charge in [0.1, 0.15) is 5.76 Å². The van der Waals surface area contributed by atoms with Crippen molar-refractivity contribution in [3.63, 3.8) is 0 Å². The van der Waals surface area contributed by atoms with Crippen LogP contribution in [0.3, 0.4) is 0 Å². The summed E-state index contributed by atoms with van der Waals surface area (Å²) in [6.45, 7) is 2.37. The highest BCUT2D eigenvalue weighted by atomic mass is 79.9. The minimum Gasteiger partial charge on any atom is -0.456 e. The predicted molar refractivity (Wildman–Crippen MR) is 97.0 cm³/mol. The van der Waals surface area contributed by atoms with E-state index in [1.807, 2.05) is 55.5 Å². The zero-order valence-corrected chi connectivity index (χ0v) is 14.9. The lowest BCUT2D eigenvalue weighted by Gasteiger charge is -2.21. The SMILES string of the molecule is CCc1ccc(C(=O)N(Cc2ccccn2)c2ccc(Br)cc2)o1.